The third-order valence-corrected chi connectivity index (χ3v) is 3.06. The van der Waals surface area contributed by atoms with E-state index in [1.54, 1.807) is 31.6 Å². The number of benzene rings is 1. The third-order valence-electron chi connectivity index (χ3n) is 2.75. The van der Waals surface area contributed by atoms with Crippen molar-refractivity contribution in [2.24, 2.45) is 0 Å². The lowest BCUT2D eigenvalue weighted by Gasteiger charge is -2.17. The van der Waals surface area contributed by atoms with Crippen molar-refractivity contribution in [1.82, 2.24) is 4.98 Å². The van der Waals surface area contributed by atoms with Gasteiger partial charge in [-0.2, -0.15) is 0 Å². The zero-order valence-corrected chi connectivity index (χ0v) is 11.2. The van der Waals surface area contributed by atoms with Crippen LogP contribution >= 0.6 is 11.6 Å². The maximum Gasteiger partial charge on any atom is 0.270 e. The van der Waals surface area contributed by atoms with Gasteiger partial charge in [-0.3, -0.25) is 19.9 Å². The Bertz CT molecular complexity index is 661. The van der Waals surface area contributed by atoms with Gasteiger partial charge in [0.05, 0.1) is 15.5 Å². The molecule has 102 valence electrons. The van der Waals surface area contributed by atoms with E-state index in [2.05, 4.69) is 4.98 Å². The lowest BCUT2D eigenvalue weighted by atomic mass is 10.1. The fraction of sp³-hybridized carbons (Fsp3) is 0.0769. The molecule has 0 fully saturated rings. The van der Waals surface area contributed by atoms with Crippen LogP contribution in [0.3, 0.4) is 0 Å². The van der Waals surface area contributed by atoms with Crippen LogP contribution in [0.2, 0.25) is 5.02 Å². The van der Waals surface area contributed by atoms with Gasteiger partial charge in [0.1, 0.15) is 0 Å². The predicted molar refractivity (Wildman–Crippen MR) is 75.1 cm³/mol. The van der Waals surface area contributed by atoms with E-state index in [9.17, 15) is 14.9 Å². The summed E-state index contributed by atoms with van der Waals surface area (Å²) in [4.78, 5) is 27.6. The first kappa shape index (κ1) is 14.0. The zero-order valence-electron chi connectivity index (χ0n) is 10.5. The summed E-state index contributed by atoms with van der Waals surface area (Å²) < 4.78 is 0. The molecule has 0 saturated heterocycles. The number of rotatable bonds is 3. The summed E-state index contributed by atoms with van der Waals surface area (Å²) in [6.45, 7) is 0. The van der Waals surface area contributed by atoms with E-state index in [1.807, 2.05) is 0 Å². The molecule has 6 nitrogen and oxygen atoms in total. The molecule has 2 rings (SSSR count). The van der Waals surface area contributed by atoms with Gasteiger partial charge in [-0.25, -0.2) is 0 Å². The molecule has 1 aromatic heterocycles. The SMILES string of the molecule is CN(C(=O)c1ccc([N+](=O)[O-])cc1Cl)c1ccncc1. The van der Waals surface area contributed by atoms with Crippen LogP contribution in [0.4, 0.5) is 11.4 Å². The van der Waals surface area contributed by atoms with Crippen molar-refractivity contribution in [2.45, 2.75) is 0 Å². The number of carbonyl (C=O) groups is 1. The first-order valence-electron chi connectivity index (χ1n) is 5.62. The van der Waals surface area contributed by atoms with Crippen molar-refractivity contribution in [3.8, 4) is 0 Å². The number of amides is 1. The minimum absolute atomic E-state index is 0.0464. The van der Waals surface area contributed by atoms with Gasteiger partial charge in [-0.15, -0.1) is 0 Å². The smallest absolute Gasteiger partial charge is 0.270 e. The Hall–Kier alpha value is -2.47. The number of anilines is 1. The largest absolute Gasteiger partial charge is 0.311 e. The Balaban J connectivity index is 2.32. The second kappa shape index (κ2) is 5.66. The highest BCUT2D eigenvalue weighted by atomic mass is 35.5. The average molecular weight is 292 g/mol. The van der Waals surface area contributed by atoms with Crippen LogP contribution in [-0.4, -0.2) is 22.9 Å². The average Bonchev–Trinajstić information content (AvgIpc) is 2.46. The number of nitro benzene ring substituents is 1. The second-order valence-corrected chi connectivity index (χ2v) is 4.40. The molecule has 1 heterocycles. The summed E-state index contributed by atoms with van der Waals surface area (Å²) in [5, 5.41) is 10.7. The first-order valence-corrected chi connectivity index (χ1v) is 6.00. The molecule has 0 spiro atoms. The van der Waals surface area contributed by atoms with Crippen molar-refractivity contribution >= 4 is 28.9 Å². The molecule has 0 saturated carbocycles. The molecular weight excluding hydrogens is 282 g/mol. The lowest BCUT2D eigenvalue weighted by molar-refractivity contribution is -0.384. The highest BCUT2D eigenvalue weighted by Gasteiger charge is 2.18. The molecule has 0 N–H and O–H groups in total. The van der Waals surface area contributed by atoms with E-state index in [4.69, 9.17) is 11.6 Å². The highest BCUT2D eigenvalue weighted by Crippen LogP contribution is 2.24. The van der Waals surface area contributed by atoms with Crippen LogP contribution in [0.15, 0.2) is 42.7 Å². The molecule has 2 aromatic rings. The lowest BCUT2D eigenvalue weighted by Crippen LogP contribution is -2.26. The summed E-state index contributed by atoms with van der Waals surface area (Å²) in [6, 6.07) is 7.11. The van der Waals surface area contributed by atoms with Gasteiger partial charge in [-0.05, 0) is 18.2 Å². The number of carbonyl (C=O) groups excluding carboxylic acids is 1. The van der Waals surface area contributed by atoms with E-state index in [-0.39, 0.29) is 22.2 Å². The molecule has 0 atom stereocenters. The van der Waals surface area contributed by atoms with Crippen molar-refractivity contribution < 1.29 is 9.72 Å². The second-order valence-electron chi connectivity index (χ2n) is 3.99. The van der Waals surface area contributed by atoms with Crippen LogP contribution in [0, 0.1) is 10.1 Å². The molecule has 1 amide bonds. The maximum atomic E-state index is 12.3. The van der Waals surface area contributed by atoms with Gasteiger partial charge in [0.2, 0.25) is 0 Å². The molecule has 0 radical (unpaired) electrons. The van der Waals surface area contributed by atoms with Gasteiger partial charge in [0.15, 0.2) is 0 Å². The van der Waals surface area contributed by atoms with Crippen molar-refractivity contribution in [3.63, 3.8) is 0 Å². The van der Waals surface area contributed by atoms with Crippen LogP contribution < -0.4 is 4.90 Å². The summed E-state index contributed by atoms with van der Waals surface area (Å²) in [6.07, 6.45) is 3.13. The normalized spacial score (nSPS) is 10.1. The zero-order chi connectivity index (χ0) is 14.7. The molecule has 0 aliphatic rings. The number of nitro groups is 1. The number of non-ortho nitro benzene ring substituents is 1. The Labute approximate surface area is 119 Å². The summed E-state index contributed by atoms with van der Waals surface area (Å²) in [7, 11) is 1.59. The van der Waals surface area contributed by atoms with Crippen molar-refractivity contribution in [2.75, 3.05) is 11.9 Å². The molecule has 1 aromatic carbocycles. The molecule has 7 heteroatoms. The van der Waals surface area contributed by atoms with E-state index < -0.39 is 4.92 Å². The molecule has 0 aliphatic carbocycles. The van der Waals surface area contributed by atoms with Gasteiger partial charge in [0, 0.05) is 37.3 Å². The fourth-order valence-corrected chi connectivity index (χ4v) is 1.91. The highest BCUT2D eigenvalue weighted by molar-refractivity contribution is 6.34. The van der Waals surface area contributed by atoms with Crippen molar-refractivity contribution in [3.05, 3.63) is 63.4 Å². The minimum atomic E-state index is -0.563. The van der Waals surface area contributed by atoms with E-state index in [0.717, 1.165) is 6.07 Å². The van der Waals surface area contributed by atoms with Crippen molar-refractivity contribution in [1.29, 1.82) is 0 Å². The van der Waals surface area contributed by atoms with Gasteiger partial charge in [0.25, 0.3) is 11.6 Å². The summed E-state index contributed by atoms with van der Waals surface area (Å²) in [5.74, 6) is -0.351. The van der Waals surface area contributed by atoms with Crippen LogP contribution in [0.1, 0.15) is 10.4 Å². The first-order chi connectivity index (χ1) is 9.50. The minimum Gasteiger partial charge on any atom is -0.311 e. The fourth-order valence-electron chi connectivity index (χ4n) is 1.66. The number of hydrogen-bond donors (Lipinski definition) is 0. The summed E-state index contributed by atoms with van der Waals surface area (Å²) in [5.41, 5.74) is 0.703. The summed E-state index contributed by atoms with van der Waals surface area (Å²) >= 11 is 5.94. The van der Waals surface area contributed by atoms with Gasteiger partial charge >= 0.3 is 0 Å². The molecule has 20 heavy (non-hydrogen) atoms. The number of halogens is 1. The van der Waals surface area contributed by atoms with E-state index in [0.29, 0.717) is 5.69 Å². The topological polar surface area (TPSA) is 76.3 Å². The number of nitrogens with zero attached hydrogens (tertiary/aromatic N) is 3. The van der Waals surface area contributed by atoms with E-state index in [1.165, 1.54) is 17.0 Å². The van der Waals surface area contributed by atoms with E-state index >= 15 is 0 Å². The Kier molecular flexibility index (Phi) is 3.95. The van der Waals surface area contributed by atoms with Crippen LogP contribution in [-0.2, 0) is 0 Å². The number of aromatic nitrogens is 1. The number of hydrogen-bond acceptors (Lipinski definition) is 4. The number of pyridine rings is 1. The monoisotopic (exact) mass is 291 g/mol. The molecule has 0 aliphatic heterocycles. The standard InChI is InChI=1S/C13H10ClN3O3/c1-16(9-4-6-15-7-5-9)13(18)11-3-2-10(17(19)20)8-12(11)14/h2-8H,1H3. The molecule has 0 bridgehead atoms. The predicted octanol–water partition coefficient (Wildman–Crippen LogP) is 2.92. The van der Waals surface area contributed by atoms with Crippen LogP contribution in [0.25, 0.3) is 0 Å². The molecule has 0 unspecified atom stereocenters. The Morgan fingerprint density at radius 3 is 2.50 bits per heavy atom. The van der Waals surface area contributed by atoms with Crippen LogP contribution in [0.5, 0.6) is 0 Å². The Morgan fingerprint density at radius 1 is 1.30 bits per heavy atom. The quantitative estimate of drug-likeness (QED) is 0.643. The molecular formula is C13H10ClN3O3. The third kappa shape index (κ3) is 2.75. The van der Waals surface area contributed by atoms with Gasteiger partial charge < -0.3 is 4.90 Å². The Morgan fingerprint density at radius 2 is 1.95 bits per heavy atom. The maximum absolute atomic E-state index is 12.3. The van der Waals surface area contributed by atoms with Gasteiger partial charge in [-0.1, -0.05) is 11.6 Å².